The number of pyridine rings is 3. The summed E-state index contributed by atoms with van der Waals surface area (Å²) in [4.78, 5) is 26.0. The van der Waals surface area contributed by atoms with Gasteiger partial charge in [0.15, 0.2) is 12.3 Å². The van der Waals surface area contributed by atoms with Crippen molar-refractivity contribution in [3.63, 3.8) is 0 Å². The van der Waals surface area contributed by atoms with E-state index in [9.17, 15) is 18.0 Å². The molecule has 1 amide bonds. The highest BCUT2D eigenvalue weighted by atomic mass is 79.9. The van der Waals surface area contributed by atoms with Crippen LogP contribution in [0.3, 0.4) is 0 Å². The molecule has 1 N–H and O–H groups in total. The molecule has 0 fully saturated rings. The Balaban J connectivity index is 1.51. The smallest absolute Gasteiger partial charge is 0.417 e. The third kappa shape index (κ3) is 8.19. The average molecular weight is 635 g/mol. The predicted molar refractivity (Wildman–Crippen MR) is 143 cm³/mol. The first kappa shape index (κ1) is 29.8. The van der Waals surface area contributed by atoms with Crippen molar-refractivity contribution in [1.82, 2.24) is 40.5 Å². The van der Waals surface area contributed by atoms with Crippen LogP contribution in [0.25, 0.3) is 0 Å². The molecule has 0 saturated heterocycles. The zero-order valence-corrected chi connectivity index (χ0v) is 23.8. The fourth-order valence-corrected chi connectivity index (χ4v) is 4.02. The van der Waals surface area contributed by atoms with Crippen molar-refractivity contribution in [1.29, 1.82) is 0 Å². The molecular weight excluding hydrogens is 609 g/mol. The quantitative estimate of drug-likeness (QED) is 0.256. The average Bonchev–Trinajstić information content (AvgIpc) is 3.45. The zero-order chi connectivity index (χ0) is 29.6. The molecule has 4 aromatic rings. The largest absolute Gasteiger partial charge is 0.471 e. The van der Waals surface area contributed by atoms with Crippen molar-refractivity contribution in [3.8, 4) is 11.6 Å². The lowest BCUT2D eigenvalue weighted by Crippen LogP contribution is -2.51. The Hall–Kier alpha value is -4.14. The fourth-order valence-electron chi connectivity index (χ4n) is 3.79. The highest BCUT2D eigenvalue weighted by Gasteiger charge is 2.35. The number of nitrogens with one attached hydrogen (secondary N) is 1. The molecule has 216 valence electrons. The number of carbonyl (C=O) groups excluding carboxylic acids is 1. The number of halogens is 4. The highest BCUT2D eigenvalue weighted by molar-refractivity contribution is 9.10. The second-order valence-corrected chi connectivity index (χ2v) is 10.5. The molecule has 0 aliphatic rings. The van der Waals surface area contributed by atoms with Crippen molar-refractivity contribution < 1.29 is 27.4 Å². The third-order valence-corrected chi connectivity index (χ3v) is 6.51. The van der Waals surface area contributed by atoms with Gasteiger partial charge in [-0.2, -0.15) is 17.9 Å². The Morgan fingerprint density at radius 2 is 1.90 bits per heavy atom. The molecule has 0 aliphatic carbocycles. The lowest BCUT2D eigenvalue weighted by atomic mass is 9.90. The minimum atomic E-state index is -4.53. The summed E-state index contributed by atoms with van der Waals surface area (Å²) in [5.74, 6) is -0.430. The number of rotatable bonds is 11. The maximum atomic E-state index is 13.3. The van der Waals surface area contributed by atoms with E-state index >= 15 is 0 Å². The van der Waals surface area contributed by atoms with E-state index < -0.39 is 29.3 Å². The van der Waals surface area contributed by atoms with Gasteiger partial charge in [-0.15, -0.1) is 5.10 Å². The molecule has 0 aromatic carbocycles. The number of aromatic nitrogens is 7. The number of nitrogens with zero attached hydrogens (tertiary/aromatic N) is 7. The molecule has 0 bridgehead atoms. The van der Waals surface area contributed by atoms with E-state index in [4.69, 9.17) is 9.47 Å². The van der Waals surface area contributed by atoms with Gasteiger partial charge in [0.25, 0.3) is 5.91 Å². The summed E-state index contributed by atoms with van der Waals surface area (Å²) in [7, 11) is 0. The van der Waals surface area contributed by atoms with Gasteiger partial charge in [-0.1, -0.05) is 0 Å². The lowest BCUT2D eigenvalue weighted by molar-refractivity contribution is -0.138. The van der Waals surface area contributed by atoms with Crippen molar-refractivity contribution in [2.24, 2.45) is 0 Å². The van der Waals surface area contributed by atoms with Crippen LogP contribution in [0, 0.1) is 0 Å². The molecule has 15 heteroatoms. The Morgan fingerprint density at radius 1 is 1.10 bits per heavy atom. The van der Waals surface area contributed by atoms with Crippen LogP contribution in [0.2, 0.25) is 0 Å². The third-order valence-electron chi connectivity index (χ3n) is 6.04. The normalized spacial score (nSPS) is 13.3. The molecule has 11 nitrogen and oxygen atoms in total. The first-order chi connectivity index (χ1) is 19.4. The van der Waals surface area contributed by atoms with Crippen LogP contribution < -0.4 is 14.8 Å². The number of carbonyl (C=O) groups is 1. The van der Waals surface area contributed by atoms with Crippen molar-refractivity contribution >= 4 is 21.8 Å². The summed E-state index contributed by atoms with van der Waals surface area (Å²) in [5.41, 5.74) is -0.960. The van der Waals surface area contributed by atoms with Crippen LogP contribution in [0.15, 0.2) is 65.8 Å². The summed E-state index contributed by atoms with van der Waals surface area (Å²) >= 11 is 3.38. The summed E-state index contributed by atoms with van der Waals surface area (Å²) in [6.45, 7) is 4.92. The van der Waals surface area contributed by atoms with E-state index in [2.05, 4.69) is 51.7 Å². The second kappa shape index (κ2) is 12.6. The summed E-state index contributed by atoms with van der Waals surface area (Å²) in [5, 5.41) is 13.9. The van der Waals surface area contributed by atoms with Gasteiger partial charge in [-0.05, 0) is 77.8 Å². The number of alkyl halides is 3. The Kier molecular flexibility index (Phi) is 9.15. The van der Waals surface area contributed by atoms with Crippen LogP contribution in [-0.4, -0.2) is 52.7 Å². The number of hydrogen-bond donors (Lipinski definition) is 1. The lowest BCUT2D eigenvalue weighted by Gasteiger charge is -2.30. The van der Waals surface area contributed by atoms with Crippen LogP contribution in [0.4, 0.5) is 13.2 Å². The van der Waals surface area contributed by atoms with Gasteiger partial charge < -0.3 is 14.8 Å². The first-order valence-corrected chi connectivity index (χ1v) is 13.1. The van der Waals surface area contributed by atoms with Crippen LogP contribution in [0.1, 0.15) is 43.6 Å². The molecule has 4 rings (SSSR count). The SMILES string of the molecule is CC(NC(=O)C(C)(C)Oc1ccc(C(F)(F)F)cn1)C(Cc1ccc(Br)cn1)c1cc(OCn2cnnn2)ccn1. The van der Waals surface area contributed by atoms with E-state index in [-0.39, 0.29) is 18.5 Å². The molecule has 2 atom stereocenters. The monoisotopic (exact) mass is 634 g/mol. The summed E-state index contributed by atoms with van der Waals surface area (Å²) < 4.78 is 52.3. The predicted octanol–water partition coefficient (Wildman–Crippen LogP) is 4.36. The maximum absolute atomic E-state index is 13.3. The van der Waals surface area contributed by atoms with Crippen LogP contribution in [0.5, 0.6) is 11.6 Å². The minimum Gasteiger partial charge on any atom is -0.471 e. The van der Waals surface area contributed by atoms with Gasteiger partial charge in [0.05, 0.1) is 5.56 Å². The number of ether oxygens (including phenoxy) is 2. The number of tetrazole rings is 1. The molecule has 0 saturated carbocycles. The van der Waals surface area contributed by atoms with Gasteiger partial charge in [0.1, 0.15) is 12.1 Å². The maximum Gasteiger partial charge on any atom is 0.417 e. The van der Waals surface area contributed by atoms with E-state index in [0.717, 1.165) is 22.3 Å². The topological polar surface area (TPSA) is 130 Å². The molecule has 4 heterocycles. The summed E-state index contributed by atoms with van der Waals surface area (Å²) in [6, 6.07) is 8.65. The first-order valence-electron chi connectivity index (χ1n) is 12.3. The van der Waals surface area contributed by atoms with E-state index in [1.807, 2.05) is 19.1 Å². The number of amides is 1. The van der Waals surface area contributed by atoms with Crippen molar-refractivity contribution in [3.05, 3.63) is 82.7 Å². The van der Waals surface area contributed by atoms with Crippen molar-refractivity contribution in [2.75, 3.05) is 0 Å². The van der Waals surface area contributed by atoms with E-state index in [1.165, 1.54) is 24.9 Å². The Bertz CT molecular complexity index is 1440. The van der Waals surface area contributed by atoms with E-state index in [0.29, 0.717) is 24.1 Å². The summed E-state index contributed by atoms with van der Waals surface area (Å²) in [6.07, 6.45) is 1.27. The number of hydrogen-bond acceptors (Lipinski definition) is 9. The van der Waals surface area contributed by atoms with Crippen molar-refractivity contribution in [2.45, 2.75) is 57.7 Å². The highest BCUT2D eigenvalue weighted by Crippen LogP contribution is 2.30. The molecule has 0 spiro atoms. The molecular formula is C26H26BrF3N8O3. The standard InChI is InChI=1S/C26H26BrF3N8O3/c1-16(35-24(39)25(2,3)41-23-7-4-17(12-33-23)26(28,29)30)21(10-19-6-5-18(27)13-32-19)22-11-20(8-9-31-22)40-15-38-14-34-36-37-38/h4-9,11-14,16,21H,10,15H2,1-3H3,(H,35,39). The molecule has 2 unspecified atom stereocenters. The second-order valence-electron chi connectivity index (χ2n) is 9.57. The Labute approximate surface area is 241 Å². The van der Waals surface area contributed by atoms with Gasteiger partial charge in [-0.3, -0.25) is 14.8 Å². The van der Waals surface area contributed by atoms with Gasteiger partial charge in [-0.25, -0.2) is 4.98 Å². The molecule has 41 heavy (non-hydrogen) atoms. The Morgan fingerprint density at radius 3 is 2.54 bits per heavy atom. The fraction of sp³-hybridized carbons (Fsp3) is 0.346. The van der Waals surface area contributed by atoms with Crippen LogP contribution in [-0.2, 0) is 24.1 Å². The van der Waals surface area contributed by atoms with Crippen LogP contribution >= 0.6 is 15.9 Å². The van der Waals surface area contributed by atoms with Gasteiger partial charge in [0, 0.05) is 58.5 Å². The van der Waals surface area contributed by atoms with E-state index in [1.54, 1.807) is 24.5 Å². The molecule has 4 aromatic heterocycles. The van der Waals surface area contributed by atoms with Gasteiger partial charge in [0.2, 0.25) is 5.88 Å². The minimum absolute atomic E-state index is 0.0885. The van der Waals surface area contributed by atoms with Gasteiger partial charge >= 0.3 is 6.18 Å². The zero-order valence-electron chi connectivity index (χ0n) is 22.2. The molecule has 0 aliphatic heterocycles. The molecule has 0 radical (unpaired) electrons.